The number of furan rings is 1. The molecule has 0 atom stereocenters. The zero-order valence-electron chi connectivity index (χ0n) is 9.60. The maximum atomic E-state index is 12.1. The molecule has 0 spiro atoms. The fourth-order valence-electron chi connectivity index (χ4n) is 2.11. The van der Waals surface area contributed by atoms with Crippen LogP contribution < -0.4 is 5.32 Å². The van der Waals surface area contributed by atoms with Crippen LogP contribution in [0.2, 0.25) is 0 Å². The minimum atomic E-state index is -0.134. The molecule has 0 fully saturated rings. The number of benzene rings is 1. The molecule has 1 aromatic carbocycles. The van der Waals surface area contributed by atoms with E-state index in [1.54, 1.807) is 18.2 Å². The lowest BCUT2D eigenvalue weighted by Crippen LogP contribution is -2.32. The molecule has 2 heterocycles. The maximum absolute atomic E-state index is 12.1. The van der Waals surface area contributed by atoms with Gasteiger partial charge in [0.1, 0.15) is 6.26 Å². The molecule has 90 valence electrons. The monoisotopic (exact) mass is 241 g/mol. The number of nitrogens with one attached hydrogen (secondary N) is 1. The van der Waals surface area contributed by atoms with Gasteiger partial charge >= 0.3 is 0 Å². The predicted octanol–water partition coefficient (Wildman–Crippen LogP) is 1.80. The summed E-state index contributed by atoms with van der Waals surface area (Å²) in [5, 5.41) is 2.77. The van der Waals surface area contributed by atoms with Gasteiger partial charge in [-0.3, -0.25) is 9.59 Å². The first kappa shape index (κ1) is 10.8. The molecule has 0 aliphatic carbocycles. The van der Waals surface area contributed by atoms with Crippen LogP contribution in [-0.4, -0.2) is 18.2 Å². The molecular weight excluding hydrogens is 230 g/mol. The lowest BCUT2D eigenvalue weighted by atomic mass is 9.95. The highest BCUT2D eigenvalue weighted by Gasteiger charge is 2.19. The normalized spacial score (nSPS) is 13.9. The Kier molecular flexibility index (Phi) is 2.48. The number of carbonyl (C=O) groups is 2. The summed E-state index contributed by atoms with van der Waals surface area (Å²) in [7, 11) is 0. The number of carbonyl (C=O) groups excluding carboxylic acids is 2. The predicted molar refractivity (Wildman–Crippen MR) is 64.6 cm³/mol. The van der Waals surface area contributed by atoms with E-state index in [4.69, 9.17) is 4.42 Å². The molecule has 3 rings (SSSR count). The second-order valence-electron chi connectivity index (χ2n) is 4.22. The standard InChI is InChI=1S/C14H11NO3/c16-13(11-4-6-18-8-11)10-2-1-9-3-5-15-14(17)12(9)7-10/h1-2,4,6-8H,3,5H2,(H,15,17). The molecule has 4 heteroatoms. The zero-order valence-corrected chi connectivity index (χ0v) is 9.60. The van der Waals surface area contributed by atoms with Gasteiger partial charge in [0.25, 0.3) is 5.91 Å². The third-order valence-electron chi connectivity index (χ3n) is 3.08. The van der Waals surface area contributed by atoms with Crippen molar-refractivity contribution in [2.45, 2.75) is 6.42 Å². The summed E-state index contributed by atoms with van der Waals surface area (Å²) < 4.78 is 4.89. The second kappa shape index (κ2) is 4.14. The van der Waals surface area contributed by atoms with Crippen molar-refractivity contribution < 1.29 is 14.0 Å². The first-order valence-corrected chi connectivity index (χ1v) is 5.74. The van der Waals surface area contributed by atoms with E-state index in [1.165, 1.54) is 12.5 Å². The second-order valence-corrected chi connectivity index (χ2v) is 4.22. The molecule has 1 N–H and O–H groups in total. The molecule has 1 aliphatic rings. The maximum Gasteiger partial charge on any atom is 0.251 e. The van der Waals surface area contributed by atoms with Crippen LogP contribution in [0.15, 0.2) is 41.2 Å². The van der Waals surface area contributed by atoms with Gasteiger partial charge in [-0.05, 0) is 24.1 Å². The summed E-state index contributed by atoms with van der Waals surface area (Å²) in [6.07, 6.45) is 3.67. The number of hydrogen-bond acceptors (Lipinski definition) is 3. The fourth-order valence-corrected chi connectivity index (χ4v) is 2.11. The zero-order chi connectivity index (χ0) is 12.5. The van der Waals surface area contributed by atoms with E-state index in [0.717, 1.165) is 12.0 Å². The van der Waals surface area contributed by atoms with E-state index in [2.05, 4.69) is 5.32 Å². The first-order chi connectivity index (χ1) is 8.75. The van der Waals surface area contributed by atoms with Gasteiger partial charge in [-0.1, -0.05) is 12.1 Å². The van der Waals surface area contributed by atoms with E-state index in [1.807, 2.05) is 6.07 Å². The lowest BCUT2D eigenvalue weighted by Gasteiger charge is -2.16. The Hall–Kier alpha value is -2.36. The van der Waals surface area contributed by atoms with Crippen molar-refractivity contribution in [2.75, 3.05) is 6.54 Å². The topological polar surface area (TPSA) is 59.3 Å². The Bertz CT molecular complexity index is 614. The summed E-state index contributed by atoms with van der Waals surface area (Å²) in [5.41, 5.74) is 2.58. The van der Waals surface area contributed by atoms with E-state index in [0.29, 0.717) is 23.2 Å². The highest BCUT2D eigenvalue weighted by Crippen LogP contribution is 2.18. The van der Waals surface area contributed by atoms with Crippen molar-refractivity contribution in [1.29, 1.82) is 0 Å². The lowest BCUT2D eigenvalue weighted by molar-refractivity contribution is 0.0946. The van der Waals surface area contributed by atoms with Crippen LogP contribution in [-0.2, 0) is 6.42 Å². The minimum Gasteiger partial charge on any atom is -0.472 e. The van der Waals surface area contributed by atoms with Crippen LogP contribution in [0.3, 0.4) is 0 Å². The number of fused-ring (bicyclic) bond motifs is 1. The van der Waals surface area contributed by atoms with Gasteiger partial charge in [-0.25, -0.2) is 0 Å². The molecule has 4 nitrogen and oxygen atoms in total. The van der Waals surface area contributed by atoms with Crippen molar-refractivity contribution >= 4 is 11.7 Å². The summed E-state index contributed by atoms with van der Waals surface area (Å²) in [4.78, 5) is 23.8. The Morgan fingerprint density at radius 1 is 1.22 bits per heavy atom. The van der Waals surface area contributed by atoms with E-state index >= 15 is 0 Å². The van der Waals surface area contributed by atoms with Crippen LogP contribution in [0.25, 0.3) is 0 Å². The van der Waals surface area contributed by atoms with Crippen molar-refractivity contribution in [3.05, 3.63) is 59.0 Å². The molecule has 0 radical (unpaired) electrons. The molecule has 1 aromatic heterocycles. The summed E-state index contributed by atoms with van der Waals surface area (Å²) in [6.45, 7) is 0.654. The van der Waals surface area contributed by atoms with Gasteiger partial charge in [0.2, 0.25) is 0 Å². The van der Waals surface area contributed by atoms with Gasteiger partial charge < -0.3 is 9.73 Å². The Balaban J connectivity index is 2.02. The van der Waals surface area contributed by atoms with E-state index in [9.17, 15) is 9.59 Å². The fraction of sp³-hybridized carbons (Fsp3) is 0.143. The molecule has 0 saturated heterocycles. The largest absolute Gasteiger partial charge is 0.472 e. The molecule has 0 unspecified atom stereocenters. The van der Waals surface area contributed by atoms with E-state index in [-0.39, 0.29) is 11.7 Å². The molecule has 0 bridgehead atoms. The smallest absolute Gasteiger partial charge is 0.251 e. The summed E-state index contributed by atoms with van der Waals surface area (Å²) >= 11 is 0. The Labute approximate surface area is 104 Å². The van der Waals surface area contributed by atoms with Crippen molar-refractivity contribution in [2.24, 2.45) is 0 Å². The number of rotatable bonds is 2. The van der Waals surface area contributed by atoms with Crippen LogP contribution in [0.5, 0.6) is 0 Å². The molecular formula is C14H11NO3. The van der Waals surface area contributed by atoms with Crippen LogP contribution in [0.4, 0.5) is 0 Å². The quantitative estimate of drug-likeness (QED) is 0.815. The van der Waals surface area contributed by atoms with Gasteiger partial charge in [0.05, 0.1) is 11.8 Å². The molecule has 2 aromatic rings. The first-order valence-electron chi connectivity index (χ1n) is 5.74. The average Bonchev–Trinajstić information content (AvgIpc) is 2.92. The van der Waals surface area contributed by atoms with Crippen molar-refractivity contribution in [1.82, 2.24) is 5.32 Å². The third-order valence-corrected chi connectivity index (χ3v) is 3.08. The van der Waals surface area contributed by atoms with Gasteiger partial charge in [0, 0.05) is 17.7 Å². The van der Waals surface area contributed by atoms with Crippen molar-refractivity contribution in [3.8, 4) is 0 Å². The van der Waals surface area contributed by atoms with E-state index < -0.39 is 0 Å². The molecule has 18 heavy (non-hydrogen) atoms. The third kappa shape index (κ3) is 1.72. The molecule has 1 aliphatic heterocycles. The van der Waals surface area contributed by atoms with Crippen molar-refractivity contribution in [3.63, 3.8) is 0 Å². The number of ketones is 1. The SMILES string of the molecule is O=C(c1ccoc1)c1ccc2c(c1)C(=O)NCC2. The molecule has 1 amide bonds. The highest BCUT2D eigenvalue weighted by molar-refractivity contribution is 6.10. The summed E-state index contributed by atoms with van der Waals surface area (Å²) in [6, 6.07) is 6.87. The average molecular weight is 241 g/mol. The number of amides is 1. The van der Waals surface area contributed by atoms with Crippen LogP contribution in [0, 0.1) is 0 Å². The van der Waals surface area contributed by atoms with Gasteiger partial charge in [-0.2, -0.15) is 0 Å². The summed E-state index contributed by atoms with van der Waals surface area (Å²) in [5.74, 6) is -0.247. The minimum absolute atomic E-state index is 0.113. The Morgan fingerprint density at radius 3 is 2.89 bits per heavy atom. The molecule has 0 saturated carbocycles. The van der Waals surface area contributed by atoms with Crippen LogP contribution in [0.1, 0.15) is 31.8 Å². The van der Waals surface area contributed by atoms with Gasteiger partial charge in [-0.15, -0.1) is 0 Å². The van der Waals surface area contributed by atoms with Crippen LogP contribution >= 0.6 is 0 Å². The Morgan fingerprint density at radius 2 is 2.11 bits per heavy atom. The van der Waals surface area contributed by atoms with Gasteiger partial charge in [0.15, 0.2) is 5.78 Å². The highest BCUT2D eigenvalue weighted by atomic mass is 16.3. The number of hydrogen-bond donors (Lipinski definition) is 1.